The minimum Gasteiger partial charge on any atom is -0.491 e. The van der Waals surface area contributed by atoms with Gasteiger partial charge in [-0.2, -0.15) is 0 Å². The number of likely N-dealkylation sites (N-methyl/N-ethyl adjacent to an activating group) is 1. The van der Waals surface area contributed by atoms with E-state index in [1.807, 2.05) is 0 Å². The molecule has 3 N–H and O–H groups in total. The topological polar surface area (TPSA) is 67.6 Å². The number of nitrogens with zero attached hydrogens (tertiary/aromatic N) is 1. The van der Waals surface area contributed by atoms with E-state index >= 15 is 0 Å². The van der Waals surface area contributed by atoms with Gasteiger partial charge < -0.3 is 20.7 Å². The first-order chi connectivity index (χ1) is 9.51. The number of nitrogens with two attached hydrogens (primary N) is 1. The Kier molecular flexibility index (Phi) is 4.32. The lowest BCUT2D eigenvalue weighted by molar-refractivity contribution is -0.119. The summed E-state index contributed by atoms with van der Waals surface area (Å²) in [6, 6.07) is 3.06. The third-order valence-corrected chi connectivity index (χ3v) is 3.12. The van der Waals surface area contributed by atoms with E-state index in [4.69, 9.17) is 10.5 Å². The summed E-state index contributed by atoms with van der Waals surface area (Å²) in [6.07, 6.45) is 2.09. The molecule has 0 saturated heterocycles. The summed E-state index contributed by atoms with van der Waals surface area (Å²) in [5.41, 5.74) is 6.68. The van der Waals surface area contributed by atoms with Crippen LogP contribution in [0.25, 0.3) is 0 Å². The number of hydrogen-bond acceptors (Lipinski definition) is 4. The molecular formula is C14H20FN3O2. The molecule has 1 saturated carbocycles. The van der Waals surface area contributed by atoms with Crippen molar-refractivity contribution in [3.05, 3.63) is 17.9 Å². The fraction of sp³-hybridized carbons (Fsp3) is 0.500. The van der Waals surface area contributed by atoms with Crippen molar-refractivity contribution in [2.24, 2.45) is 0 Å². The summed E-state index contributed by atoms with van der Waals surface area (Å²) in [6.45, 7) is 2.33. The van der Waals surface area contributed by atoms with Gasteiger partial charge in [-0.1, -0.05) is 0 Å². The Morgan fingerprint density at radius 1 is 1.55 bits per heavy atom. The second-order valence-electron chi connectivity index (χ2n) is 4.97. The highest BCUT2D eigenvalue weighted by Crippen LogP contribution is 2.30. The van der Waals surface area contributed by atoms with Crippen molar-refractivity contribution in [1.82, 2.24) is 5.32 Å². The van der Waals surface area contributed by atoms with Gasteiger partial charge in [-0.25, -0.2) is 4.39 Å². The van der Waals surface area contributed by atoms with Gasteiger partial charge in [0.2, 0.25) is 5.91 Å². The molecule has 0 heterocycles. The first-order valence-electron chi connectivity index (χ1n) is 6.73. The van der Waals surface area contributed by atoms with Crippen molar-refractivity contribution in [3.8, 4) is 5.75 Å². The van der Waals surface area contributed by atoms with Crippen LogP contribution in [0.5, 0.6) is 5.75 Å². The monoisotopic (exact) mass is 281 g/mol. The van der Waals surface area contributed by atoms with Crippen molar-refractivity contribution in [2.45, 2.75) is 25.8 Å². The van der Waals surface area contributed by atoms with E-state index < -0.39 is 5.82 Å². The normalized spacial score (nSPS) is 13.9. The van der Waals surface area contributed by atoms with Crippen LogP contribution < -0.4 is 20.7 Å². The van der Waals surface area contributed by atoms with Crippen molar-refractivity contribution in [1.29, 1.82) is 0 Å². The SMILES string of the molecule is CCOc1cc(N(C)CC(=O)NC2CC2)c(N)cc1F. The number of amides is 1. The molecule has 2 rings (SSSR count). The maximum atomic E-state index is 13.6. The molecule has 5 nitrogen and oxygen atoms in total. The summed E-state index contributed by atoms with van der Waals surface area (Å²) in [5, 5.41) is 2.90. The first kappa shape index (κ1) is 14.4. The second-order valence-corrected chi connectivity index (χ2v) is 4.97. The third kappa shape index (κ3) is 3.53. The van der Waals surface area contributed by atoms with Crippen molar-refractivity contribution in [3.63, 3.8) is 0 Å². The average Bonchev–Trinajstić information content (AvgIpc) is 3.16. The van der Waals surface area contributed by atoms with E-state index in [9.17, 15) is 9.18 Å². The minimum absolute atomic E-state index is 0.0586. The lowest BCUT2D eigenvalue weighted by atomic mass is 10.2. The van der Waals surface area contributed by atoms with Crippen LogP contribution >= 0.6 is 0 Å². The zero-order valence-electron chi connectivity index (χ0n) is 11.8. The van der Waals surface area contributed by atoms with Gasteiger partial charge in [-0.3, -0.25) is 4.79 Å². The maximum absolute atomic E-state index is 13.6. The van der Waals surface area contributed by atoms with E-state index in [-0.39, 0.29) is 23.9 Å². The Morgan fingerprint density at radius 3 is 2.85 bits per heavy atom. The quantitative estimate of drug-likeness (QED) is 0.776. The number of nitrogen functional groups attached to an aromatic ring is 1. The summed E-state index contributed by atoms with van der Waals surface area (Å²) >= 11 is 0. The molecule has 110 valence electrons. The first-order valence-corrected chi connectivity index (χ1v) is 6.73. The molecule has 0 aliphatic heterocycles. The van der Waals surface area contributed by atoms with Crippen LogP contribution in [-0.2, 0) is 4.79 Å². The van der Waals surface area contributed by atoms with Crippen LogP contribution in [0, 0.1) is 5.82 Å². The number of carbonyl (C=O) groups is 1. The molecule has 0 atom stereocenters. The van der Waals surface area contributed by atoms with E-state index in [0.717, 1.165) is 12.8 Å². The zero-order chi connectivity index (χ0) is 14.7. The van der Waals surface area contributed by atoms with E-state index in [2.05, 4.69) is 5.32 Å². The fourth-order valence-corrected chi connectivity index (χ4v) is 1.96. The largest absolute Gasteiger partial charge is 0.491 e. The van der Waals surface area contributed by atoms with Crippen LogP contribution in [-0.4, -0.2) is 32.1 Å². The lowest BCUT2D eigenvalue weighted by Gasteiger charge is -2.21. The number of hydrogen-bond donors (Lipinski definition) is 2. The lowest BCUT2D eigenvalue weighted by Crippen LogP contribution is -2.36. The van der Waals surface area contributed by atoms with Gasteiger partial charge in [-0.15, -0.1) is 0 Å². The Bertz CT molecular complexity index is 503. The van der Waals surface area contributed by atoms with Crippen LogP contribution in [0.2, 0.25) is 0 Å². The highest BCUT2D eigenvalue weighted by Gasteiger charge is 2.24. The van der Waals surface area contributed by atoms with Gasteiger partial charge in [0.25, 0.3) is 0 Å². The predicted octanol–water partition coefficient (Wildman–Crippen LogP) is 1.52. The Balaban J connectivity index is 2.08. The molecule has 0 bridgehead atoms. The van der Waals surface area contributed by atoms with Crippen molar-refractivity contribution >= 4 is 17.3 Å². The molecular weight excluding hydrogens is 261 g/mol. The summed E-state index contributed by atoms with van der Waals surface area (Å²) in [7, 11) is 1.74. The minimum atomic E-state index is -0.496. The summed E-state index contributed by atoms with van der Waals surface area (Å²) in [5.74, 6) is -0.410. The number of benzene rings is 1. The molecule has 0 unspecified atom stereocenters. The number of carbonyl (C=O) groups excluding carboxylic acids is 1. The number of rotatable bonds is 6. The van der Waals surface area contributed by atoms with Gasteiger partial charge in [0.15, 0.2) is 11.6 Å². The van der Waals surface area contributed by atoms with Gasteiger partial charge >= 0.3 is 0 Å². The fourth-order valence-electron chi connectivity index (χ4n) is 1.96. The van der Waals surface area contributed by atoms with E-state index in [1.165, 1.54) is 12.1 Å². The van der Waals surface area contributed by atoms with Gasteiger partial charge in [0, 0.05) is 25.2 Å². The average molecular weight is 281 g/mol. The van der Waals surface area contributed by atoms with E-state index in [0.29, 0.717) is 18.3 Å². The Hall–Kier alpha value is -1.98. The molecule has 1 aromatic rings. The van der Waals surface area contributed by atoms with Crippen molar-refractivity contribution in [2.75, 3.05) is 30.8 Å². The van der Waals surface area contributed by atoms with Crippen LogP contribution in [0.3, 0.4) is 0 Å². The maximum Gasteiger partial charge on any atom is 0.239 e. The van der Waals surface area contributed by atoms with Crippen LogP contribution in [0.15, 0.2) is 12.1 Å². The summed E-state index contributed by atoms with van der Waals surface area (Å²) in [4.78, 5) is 13.5. The summed E-state index contributed by atoms with van der Waals surface area (Å²) < 4.78 is 18.8. The number of halogens is 1. The molecule has 1 aliphatic rings. The molecule has 20 heavy (non-hydrogen) atoms. The van der Waals surface area contributed by atoms with Gasteiger partial charge in [0.05, 0.1) is 24.5 Å². The Morgan fingerprint density at radius 2 is 2.25 bits per heavy atom. The predicted molar refractivity (Wildman–Crippen MR) is 76.4 cm³/mol. The number of nitrogens with one attached hydrogen (secondary N) is 1. The molecule has 1 amide bonds. The zero-order valence-corrected chi connectivity index (χ0v) is 11.8. The molecule has 0 spiro atoms. The highest BCUT2D eigenvalue weighted by molar-refractivity contribution is 5.83. The second kappa shape index (κ2) is 5.98. The molecule has 1 aliphatic carbocycles. The highest BCUT2D eigenvalue weighted by atomic mass is 19.1. The van der Waals surface area contributed by atoms with Gasteiger partial charge in [0.1, 0.15) is 0 Å². The van der Waals surface area contributed by atoms with Gasteiger partial charge in [-0.05, 0) is 19.8 Å². The van der Waals surface area contributed by atoms with Crippen molar-refractivity contribution < 1.29 is 13.9 Å². The van der Waals surface area contributed by atoms with Crippen LogP contribution in [0.4, 0.5) is 15.8 Å². The third-order valence-electron chi connectivity index (χ3n) is 3.12. The smallest absolute Gasteiger partial charge is 0.239 e. The number of anilines is 2. The molecule has 0 aromatic heterocycles. The van der Waals surface area contributed by atoms with Crippen LogP contribution in [0.1, 0.15) is 19.8 Å². The number of ether oxygens (including phenoxy) is 1. The molecule has 1 fully saturated rings. The molecule has 0 radical (unpaired) electrons. The standard InChI is InChI=1S/C14H20FN3O2/c1-3-20-13-7-12(11(16)6-10(13)15)18(2)8-14(19)17-9-4-5-9/h6-7,9H,3-5,8,16H2,1-2H3,(H,17,19). The molecule has 6 heteroatoms. The molecule has 1 aromatic carbocycles. The van der Waals surface area contributed by atoms with E-state index in [1.54, 1.807) is 18.9 Å². The Labute approximate surface area is 117 Å².